The van der Waals surface area contributed by atoms with Gasteiger partial charge in [-0.25, -0.2) is 4.79 Å². The van der Waals surface area contributed by atoms with Crippen LogP contribution in [0.4, 0.5) is 0 Å². The van der Waals surface area contributed by atoms with E-state index in [2.05, 4.69) is 50.3 Å². The molecule has 0 saturated carbocycles. The second-order valence-electron chi connectivity index (χ2n) is 5.18. The van der Waals surface area contributed by atoms with Crippen molar-refractivity contribution in [3.05, 3.63) is 41.7 Å². The lowest BCUT2D eigenvalue weighted by molar-refractivity contribution is -0.133. The lowest BCUT2D eigenvalue weighted by Gasteiger charge is -2.11. The quantitative estimate of drug-likeness (QED) is 0.0856. The number of carbonyl (C=O) groups excluding carboxylic acids is 1. The number of alkyl halides is 2. The van der Waals surface area contributed by atoms with Gasteiger partial charge in [0.15, 0.2) is 0 Å². The van der Waals surface area contributed by atoms with E-state index >= 15 is 0 Å². The maximum atomic E-state index is 11.9. The van der Waals surface area contributed by atoms with Crippen molar-refractivity contribution in [3.63, 3.8) is 0 Å². The molecule has 0 heterocycles. The average molecular weight is 573 g/mol. The molecule has 0 saturated heterocycles. The van der Waals surface area contributed by atoms with Crippen LogP contribution >= 0.6 is 45.2 Å². The van der Waals surface area contributed by atoms with E-state index in [1.54, 1.807) is 0 Å². The van der Waals surface area contributed by atoms with Gasteiger partial charge in [-0.3, -0.25) is 0 Å². The van der Waals surface area contributed by atoms with E-state index in [0.29, 0.717) is 17.1 Å². The van der Waals surface area contributed by atoms with Crippen LogP contribution in [-0.2, 0) is 25.7 Å². The van der Waals surface area contributed by atoms with E-state index in [9.17, 15) is 4.79 Å². The summed E-state index contributed by atoms with van der Waals surface area (Å²) in [5.74, 6) is -0.134. The van der Waals surface area contributed by atoms with E-state index in [1.807, 2.05) is 45.0 Å². The smallest absolute Gasteiger partial charge is 0.341 e. The zero-order valence-electron chi connectivity index (χ0n) is 15.2. The fourth-order valence-corrected chi connectivity index (χ4v) is 1.67. The number of hydrogen-bond donors (Lipinski definition) is 0. The molecule has 0 unspecified atom stereocenters. The van der Waals surface area contributed by atoms with Crippen molar-refractivity contribution in [3.8, 4) is 0 Å². The summed E-state index contributed by atoms with van der Waals surface area (Å²) in [6.07, 6.45) is 1.37. The molecule has 25 heavy (non-hydrogen) atoms. The van der Waals surface area contributed by atoms with Gasteiger partial charge in [-0.15, -0.1) is 0 Å². The van der Waals surface area contributed by atoms with Gasteiger partial charge in [0.1, 0.15) is 12.2 Å². The summed E-state index contributed by atoms with van der Waals surface area (Å²) < 4.78 is 11.0. The van der Waals surface area contributed by atoms with Gasteiger partial charge in [-0.2, -0.15) is 0 Å². The summed E-state index contributed by atoms with van der Waals surface area (Å²) in [7, 11) is 2.82. The third-order valence-corrected chi connectivity index (χ3v) is 3.21. The highest BCUT2D eigenvalue weighted by molar-refractivity contribution is 14.2. The van der Waals surface area contributed by atoms with Crippen molar-refractivity contribution < 1.29 is 19.1 Å². The molecule has 0 N–H and O–H groups in total. The molecule has 140 valence electrons. The lowest BCUT2D eigenvalue weighted by Crippen LogP contribution is -2.08. The molecule has 0 aromatic heterocycles. The lowest BCUT2D eigenvalue weighted by atomic mass is 10.0. The van der Waals surface area contributed by atoms with Gasteiger partial charge in [-0.05, 0) is 18.4 Å². The van der Waals surface area contributed by atoms with E-state index in [0.717, 1.165) is 11.3 Å². The number of oxime groups is 1. The largest absolute Gasteiger partial charge is 0.503 e. The fourth-order valence-electron chi connectivity index (χ4n) is 1.67. The van der Waals surface area contributed by atoms with Gasteiger partial charge < -0.3 is 14.3 Å². The number of halogens is 2. The first-order valence-electron chi connectivity index (χ1n) is 7.60. The van der Waals surface area contributed by atoms with Gasteiger partial charge >= 0.3 is 5.97 Å². The van der Waals surface area contributed by atoms with Crippen LogP contribution in [0.3, 0.4) is 0 Å². The first kappa shape index (κ1) is 24.2. The van der Waals surface area contributed by atoms with Gasteiger partial charge in [0.2, 0.25) is 0 Å². The van der Waals surface area contributed by atoms with Gasteiger partial charge in [-0.1, -0.05) is 88.5 Å². The number of ether oxygens (including phenoxy) is 2. The predicted octanol–water partition coefficient (Wildman–Crippen LogP) is 5.21. The molecule has 0 aliphatic rings. The number of nitrogens with zero attached hydrogens (tertiary/aromatic N) is 1. The minimum atomic E-state index is -0.462. The first-order valence-corrected chi connectivity index (χ1v) is 10.7. The maximum Gasteiger partial charge on any atom is 0.341 e. The molecule has 0 spiro atoms. The summed E-state index contributed by atoms with van der Waals surface area (Å²) >= 11 is 4.55. The predicted molar refractivity (Wildman–Crippen MR) is 119 cm³/mol. The summed E-state index contributed by atoms with van der Waals surface area (Å²) in [6, 6.07) is 7.41. The molecule has 0 fully saturated rings. The Hall–Kier alpha value is -0.840. The summed E-state index contributed by atoms with van der Waals surface area (Å²) in [4.78, 5) is 17.3. The average Bonchev–Trinajstić information content (AvgIpc) is 2.60. The molecule has 0 aliphatic heterocycles. The number of benzene rings is 1. The normalized spacial score (nSPS) is 11.5. The van der Waals surface area contributed by atoms with Crippen LogP contribution in [-0.4, -0.2) is 28.3 Å². The van der Waals surface area contributed by atoms with Crippen molar-refractivity contribution in [1.29, 1.82) is 0 Å². The summed E-state index contributed by atoms with van der Waals surface area (Å²) in [5.41, 5.74) is 2.79. The molecule has 1 aromatic carbocycles. The zero-order valence-corrected chi connectivity index (χ0v) is 19.5. The van der Waals surface area contributed by atoms with Crippen molar-refractivity contribution in [2.24, 2.45) is 11.1 Å². The molecule has 0 atom stereocenters. The van der Waals surface area contributed by atoms with Crippen LogP contribution in [0.15, 0.2) is 35.7 Å². The van der Waals surface area contributed by atoms with E-state index < -0.39 is 5.97 Å². The summed E-state index contributed by atoms with van der Waals surface area (Å²) in [6.45, 7) is 6.28. The fraction of sp³-hybridized carbons (Fsp3) is 0.444. The van der Waals surface area contributed by atoms with Crippen LogP contribution < -0.4 is 0 Å². The Morgan fingerprint density at radius 3 is 2.36 bits per heavy atom. The standard InChI is InChI=1S/C17H23NO4.CH2I2/c1-12(2)13(3)18-22-10-14-8-6-7-9-15(14)16(11-20-4)17(19)21-5;2-1-3/h6-9,11-12H,10H2,1-5H3;1H2/b16-11+,18-13+;. The molecule has 0 aliphatic carbocycles. The zero-order chi connectivity index (χ0) is 19.2. The number of hydrogen-bond acceptors (Lipinski definition) is 5. The number of carbonyl (C=O) groups is 1. The minimum Gasteiger partial charge on any atom is -0.503 e. The van der Waals surface area contributed by atoms with Crippen molar-refractivity contribution in [2.75, 3.05) is 16.7 Å². The van der Waals surface area contributed by atoms with Crippen LogP contribution in [0.5, 0.6) is 0 Å². The van der Waals surface area contributed by atoms with Gasteiger partial charge in [0.25, 0.3) is 0 Å². The first-order chi connectivity index (χ1) is 11.9. The molecular formula is C18H25I2NO4. The van der Waals surface area contributed by atoms with Crippen LogP contribution in [0.2, 0.25) is 0 Å². The van der Waals surface area contributed by atoms with Crippen LogP contribution in [0.1, 0.15) is 31.9 Å². The Morgan fingerprint density at radius 2 is 1.84 bits per heavy atom. The van der Waals surface area contributed by atoms with Crippen molar-refractivity contribution in [2.45, 2.75) is 27.4 Å². The van der Waals surface area contributed by atoms with E-state index in [1.165, 1.54) is 22.9 Å². The van der Waals surface area contributed by atoms with Gasteiger partial charge in [0.05, 0.1) is 28.6 Å². The molecule has 7 heteroatoms. The van der Waals surface area contributed by atoms with Crippen molar-refractivity contribution in [1.82, 2.24) is 0 Å². The Bertz CT molecular complexity index is 586. The molecule has 0 amide bonds. The maximum absolute atomic E-state index is 11.9. The molecular weight excluding hydrogens is 548 g/mol. The number of rotatable bonds is 7. The summed E-state index contributed by atoms with van der Waals surface area (Å²) in [5, 5.41) is 4.08. The highest BCUT2D eigenvalue weighted by Gasteiger charge is 2.16. The molecule has 5 nitrogen and oxygen atoms in total. The Labute approximate surface area is 177 Å². The molecule has 0 bridgehead atoms. The third kappa shape index (κ3) is 9.43. The SMILES string of the molecule is CO/C=C(/C(=O)OC)c1ccccc1CO/N=C(\C)C(C)C.ICI. The highest BCUT2D eigenvalue weighted by atomic mass is 127. The highest BCUT2D eigenvalue weighted by Crippen LogP contribution is 2.21. The molecule has 1 rings (SSSR count). The van der Waals surface area contributed by atoms with E-state index in [-0.39, 0.29) is 6.61 Å². The van der Waals surface area contributed by atoms with Crippen LogP contribution in [0.25, 0.3) is 5.57 Å². The van der Waals surface area contributed by atoms with Gasteiger partial charge in [0, 0.05) is 5.56 Å². The second-order valence-corrected chi connectivity index (χ2v) is 9.62. The molecule has 0 radical (unpaired) electrons. The second kappa shape index (κ2) is 14.3. The minimum absolute atomic E-state index is 0.262. The molecule has 1 aromatic rings. The Morgan fingerprint density at radius 1 is 1.24 bits per heavy atom. The Kier molecular flexibility index (Phi) is 13.9. The van der Waals surface area contributed by atoms with Crippen molar-refractivity contribution >= 4 is 62.4 Å². The van der Waals surface area contributed by atoms with Crippen LogP contribution in [0, 0.1) is 5.92 Å². The number of esters is 1. The van der Waals surface area contributed by atoms with E-state index in [4.69, 9.17) is 14.3 Å². The third-order valence-electron chi connectivity index (χ3n) is 3.21. The number of methoxy groups -OCH3 is 2. The monoisotopic (exact) mass is 573 g/mol. The Balaban J connectivity index is 0.00000178. The topological polar surface area (TPSA) is 57.1 Å².